The normalized spacial score (nSPS) is 10.9. The highest BCUT2D eigenvalue weighted by atomic mass is 32.2. The van der Waals surface area contributed by atoms with Gasteiger partial charge in [-0.05, 0) is 66.9 Å². The van der Waals surface area contributed by atoms with E-state index in [0.29, 0.717) is 18.1 Å². The van der Waals surface area contributed by atoms with E-state index in [4.69, 9.17) is 24.3 Å². The quantitative estimate of drug-likeness (QED) is 0.342. The minimum absolute atomic E-state index is 0.128. The number of rotatable bonds is 9. The number of alkyl halides is 3. The molecular weight excluding hydrogens is 443 g/mol. The second-order valence-corrected chi connectivity index (χ2v) is 7.44. The molecule has 0 aliphatic carbocycles. The predicted octanol–water partition coefficient (Wildman–Crippen LogP) is 5.84. The summed E-state index contributed by atoms with van der Waals surface area (Å²) in [4.78, 5) is 17.3. The Hall–Kier alpha value is -3.21. The van der Waals surface area contributed by atoms with Crippen LogP contribution in [0.5, 0.6) is 11.5 Å². The number of allylic oxidation sites excluding steroid dienone is 1. The van der Waals surface area contributed by atoms with Gasteiger partial charge in [0.2, 0.25) is 0 Å². The monoisotopic (exact) mass is 465 g/mol. The molecule has 5 nitrogen and oxygen atoms in total. The largest absolute Gasteiger partial charge is 0.493 e. The molecule has 0 heterocycles. The Bertz CT molecular complexity index is 961. The van der Waals surface area contributed by atoms with Gasteiger partial charge in [-0.1, -0.05) is 6.92 Å². The van der Waals surface area contributed by atoms with Gasteiger partial charge >= 0.3 is 12.3 Å². The molecule has 32 heavy (non-hydrogen) atoms. The molecular formula is C23H22F3NO4S. The molecule has 0 atom stereocenters. The highest BCUT2D eigenvalue weighted by molar-refractivity contribution is 7.99. The fraction of sp³-hybridized carbons (Fsp3) is 0.304. The van der Waals surface area contributed by atoms with E-state index in [1.54, 1.807) is 11.8 Å². The first-order valence-electron chi connectivity index (χ1n) is 9.48. The molecule has 0 saturated carbocycles. The lowest BCUT2D eigenvalue weighted by molar-refractivity contribution is -0.191. The second-order valence-electron chi connectivity index (χ2n) is 6.39. The highest BCUT2D eigenvalue weighted by Crippen LogP contribution is 2.31. The maximum atomic E-state index is 12.6. The summed E-state index contributed by atoms with van der Waals surface area (Å²) < 4.78 is 49.1. The third-order valence-electron chi connectivity index (χ3n) is 3.91. The molecule has 2 rings (SSSR count). The SMILES string of the molecule is CCCOc1ccc(SC/C(=C/C#N)COc2ccc(C(F)(F)F)cc2)cc1C.O=C=O. The molecule has 0 fully saturated rings. The molecule has 9 heteroatoms. The summed E-state index contributed by atoms with van der Waals surface area (Å²) in [6.45, 7) is 4.83. The third kappa shape index (κ3) is 9.73. The summed E-state index contributed by atoms with van der Waals surface area (Å²) in [6.07, 6.45) is -1.78. The smallest absolute Gasteiger partial charge is 0.416 e. The van der Waals surface area contributed by atoms with Crippen LogP contribution in [0.2, 0.25) is 0 Å². The maximum absolute atomic E-state index is 12.6. The Morgan fingerprint density at radius 2 is 1.78 bits per heavy atom. The zero-order valence-electron chi connectivity index (χ0n) is 17.6. The van der Waals surface area contributed by atoms with Gasteiger partial charge in [-0.3, -0.25) is 0 Å². The molecule has 2 aromatic rings. The molecule has 0 aliphatic heterocycles. The van der Waals surface area contributed by atoms with E-state index in [2.05, 4.69) is 6.92 Å². The van der Waals surface area contributed by atoms with Crippen LogP contribution in [0.3, 0.4) is 0 Å². The van der Waals surface area contributed by atoms with Crippen molar-refractivity contribution in [2.45, 2.75) is 31.3 Å². The first-order chi connectivity index (χ1) is 15.2. The molecule has 0 radical (unpaired) electrons. The van der Waals surface area contributed by atoms with E-state index in [1.807, 2.05) is 31.2 Å². The summed E-state index contributed by atoms with van der Waals surface area (Å²) in [5, 5.41) is 8.99. The zero-order chi connectivity index (χ0) is 24.0. The Morgan fingerprint density at radius 3 is 2.31 bits per heavy atom. The minimum atomic E-state index is -4.38. The van der Waals surface area contributed by atoms with Crippen LogP contribution in [0.4, 0.5) is 13.2 Å². The second kappa shape index (κ2) is 14.0. The summed E-state index contributed by atoms with van der Waals surface area (Å²) in [5.41, 5.74) is 1.05. The van der Waals surface area contributed by atoms with Crippen molar-refractivity contribution in [3.8, 4) is 17.6 Å². The molecule has 0 saturated heterocycles. The number of ether oxygens (including phenoxy) is 2. The lowest BCUT2D eigenvalue weighted by atomic mass is 10.2. The molecule has 0 spiro atoms. The number of benzene rings is 2. The standard InChI is InChI=1S/C22H22F3NO2S.CO2/c1-3-12-27-21-9-8-20(13-16(21)2)29-15-17(10-11-26)14-28-19-6-4-18(5-7-19)22(23,24)25;2-1-3/h4-10,13H,3,12,14-15H2,1-2H3;/b17-10+;. The lowest BCUT2D eigenvalue weighted by Gasteiger charge is -2.12. The van der Waals surface area contributed by atoms with Crippen LogP contribution in [0.15, 0.2) is 59.0 Å². The van der Waals surface area contributed by atoms with E-state index in [1.165, 1.54) is 18.2 Å². The number of hydrogen-bond donors (Lipinski definition) is 0. The van der Waals surface area contributed by atoms with Crippen LogP contribution in [0.25, 0.3) is 0 Å². The fourth-order valence-corrected chi connectivity index (χ4v) is 3.34. The average molecular weight is 465 g/mol. The van der Waals surface area contributed by atoms with Crippen LogP contribution in [0, 0.1) is 18.3 Å². The predicted molar refractivity (Wildman–Crippen MR) is 113 cm³/mol. The van der Waals surface area contributed by atoms with Crippen molar-refractivity contribution in [2.24, 2.45) is 0 Å². The van der Waals surface area contributed by atoms with Gasteiger partial charge in [-0.25, -0.2) is 0 Å². The Labute approximate surface area is 188 Å². The van der Waals surface area contributed by atoms with Crippen LogP contribution >= 0.6 is 11.8 Å². The van der Waals surface area contributed by atoms with Gasteiger partial charge in [-0.15, -0.1) is 11.8 Å². The number of carbonyl (C=O) groups excluding carboxylic acids is 2. The van der Waals surface area contributed by atoms with Crippen LogP contribution in [-0.4, -0.2) is 25.1 Å². The molecule has 0 aromatic heterocycles. The first kappa shape index (κ1) is 26.8. The van der Waals surface area contributed by atoms with Gasteiger partial charge < -0.3 is 9.47 Å². The zero-order valence-corrected chi connectivity index (χ0v) is 18.4. The lowest BCUT2D eigenvalue weighted by Crippen LogP contribution is -2.06. The maximum Gasteiger partial charge on any atom is 0.416 e. The van der Waals surface area contributed by atoms with Gasteiger partial charge in [0.15, 0.2) is 0 Å². The van der Waals surface area contributed by atoms with E-state index >= 15 is 0 Å². The minimum Gasteiger partial charge on any atom is -0.493 e. The van der Waals surface area contributed by atoms with Crippen LogP contribution in [-0.2, 0) is 15.8 Å². The Balaban J connectivity index is 0.00000161. The fourth-order valence-electron chi connectivity index (χ4n) is 2.39. The topological polar surface area (TPSA) is 76.4 Å². The van der Waals surface area contributed by atoms with Gasteiger partial charge in [0.1, 0.15) is 18.1 Å². The van der Waals surface area contributed by atoms with E-state index in [-0.39, 0.29) is 12.8 Å². The van der Waals surface area contributed by atoms with Crippen molar-refractivity contribution in [2.75, 3.05) is 19.0 Å². The van der Waals surface area contributed by atoms with Crippen LogP contribution in [0.1, 0.15) is 24.5 Å². The highest BCUT2D eigenvalue weighted by Gasteiger charge is 2.30. The summed E-state index contributed by atoms with van der Waals surface area (Å²) in [5.74, 6) is 1.71. The first-order valence-corrected chi connectivity index (χ1v) is 10.5. The van der Waals surface area contributed by atoms with E-state index in [9.17, 15) is 13.2 Å². The number of nitrogens with zero attached hydrogens (tertiary/aromatic N) is 1. The molecule has 0 unspecified atom stereocenters. The number of halogens is 3. The summed E-state index contributed by atoms with van der Waals surface area (Å²) in [6, 6.07) is 12.4. The molecule has 0 amide bonds. The van der Waals surface area contributed by atoms with Crippen molar-refractivity contribution in [3.05, 3.63) is 65.2 Å². The van der Waals surface area contributed by atoms with Gasteiger partial charge in [0.25, 0.3) is 0 Å². The van der Waals surface area contributed by atoms with Gasteiger partial charge in [0.05, 0.1) is 18.2 Å². The van der Waals surface area contributed by atoms with Crippen molar-refractivity contribution in [1.82, 2.24) is 0 Å². The van der Waals surface area contributed by atoms with E-state index in [0.717, 1.165) is 40.3 Å². The van der Waals surface area contributed by atoms with Crippen molar-refractivity contribution >= 4 is 17.9 Å². The number of thioether (sulfide) groups is 1. The van der Waals surface area contributed by atoms with Gasteiger partial charge in [0, 0.05) is 16.7 Å². The van der Waals surface area contributed by atoms with E-state index < -0.39 is 11.7 Å². The summed E-state index contributed by atoms with van der Waals surface area (Å²) in [7, 11) is 0. The molecule has 0 N–H and O–H groups in total. The summed E-state index contributed by atoms with van der Waals surface area (Å²) >= 11 is 1.55. The number of aryl methyl sites for hydroxylation is 1. The molecule has 170 valence electrons. The van der Waals surface area contributed by atoms with Crippen molar-refractivity contribution < 1.29 is 32.2 Å². The molecule has 0 bridgehead atoms. The Kier molecular flexibility index (Phi) is 11.7. The van der Waals surface area contributed by atoms with Crippen LogP contribution < -0.4 is 9.47 Å². The molecule has 2 aromatic carbocycles. The molecule has 0 aliphatic rings. The van der Waals surface area contributed by atoms with Crippen molar-refractivity contribution in [3.63, 3.8) is 0 Å². The Morgan fingerprint density at radius 1 is 1.12 bits per heavy atom. The number of hydrogen-bond acceptors (Lipinski definition) is 6. The third-order valence-corrected chi connectivity index (χ3v) is 5.01. The van der Waals surface area contributed by atoms with Crippen molar-refractivity contribution in [1.29, 1.82) is 5.26 Å². The number of nitriles is 1. The average Bonchev–Trinajstić information content (AvgIpc) is 2.75. The van der Waals surface area contributed by atoms with Gasteiger partial charge in [-0.2, -0.15) is 28.0 Å².